The van der Waals surface area contributed by atoms with E-state index in [0.29, 0.717) is 17.1 Å². The molecule has 0 fully saturated rings. The number of aromatic nitrogens is 2. The van der Waals surface area contributed by atoms with Crippen LogP contribution in [0.4, 0.5) is 0 Å². The second kappa shape index (κ2) is 7.22. The average Bonchev–Trinajstić information content (AvgIpc) is 3.19. The van der Waals surface area contributed by atoms with E-state index in [4.69, 9.17) is 9.40 Å². The van der Waals surface area contributed by atoms with Gasteiger partial charge in [0.1, 0.15) is 5.76 Å². The van der Waals surface area contributed by atoms with Crippen LogP contribution in [0.1, 0.15) is 23.5 Å². The highest BCUT2D eigenvalue weighted by molar-refractivity contribution is 7.99. The van der Waals surface area contributed by atoms with Gasteiger partial charge in [0.2, 0.25) is 0 Å². The fourth-order valence-corrected chi connectivity index (χ4v) is 3.92. The number of fused-ring (bicyclic) bond motifs is 1. The summed E-state index contributed by atoms with van der Waals surface area (Å²) >= 11 is 1.58. The van der Waals surface area contributed by atoms with E-state index in [1.807, 2.05) is 54.6 Å². The van der Waals surface area contributed by atoms with Gasteiger partial charge in [0.15, 0.2) is 5.16 Å². The van der Waals surface area contributed by atoms with Crippen LogP contribution >= 0.6 is 11.8 Å². The summed E-state index contributed by atoms with van der Waals surface area (Å²) in [5, 5.41) is 1.49. The Labute approximate surface area is 155 Å². The molecule has 0 spiro atoms. The van der Waals surface area contributed by atoms with Crippen molar-refractivity contribution in [2.24, 2.45) is 0 Å². The first-order valence-electron chi connectivity index (χ1n) is 8.46. The zero-order valence-corrected chi connectivity index (χ0v) is 15.1. The zero-order valence-electron chi connectivity index (χ0n) is 14.3. The summed E-state index contributed by atoms with van der Waals surface area (Å²) in [6.45, 7) is 2.49. The van der Waals surface area contributed by atoms with Gasteiger partial charge in [-0.1, -0.05) is 54.2 Å². The predicted molar refractivity (Wildman–Crippen MR) is 105 cm³/mol. The molecule has 0 aliphatic heterocycles. The van der Waals surface area contributed by atoms with Crippen LogP contribution in [0, 0.1) is 0 Å². The Hall–Kier alpha value is -2.79. The summed E-state index contributed by atoms with van der Waals surface area (Å²) in [4.78, 5) is 17.8. The molecule has 4 aromatic rings. The van der Waals surface area contributed by atoms with Crippen molar-refractivity contribution >= 4 is 22.7 Å². The smallest absolute Gasteiger partial charge is 0.262 e. The second-order valence-corrected chi connectivity index (χ2v) is 7.36. The first-order chi connectivity index (χ1) is 12.7. The number of thioether (sulfide) groups is 1. The summed E-state index contributed by atoms with van der Waals surface area (Å²) in [7, 11) is 0. The van der Waals surface area contributed by atoms with Crippen LogP contribution in [-0.4, -0.2) is 9.55 Å². The Kier molecular flexibility index (Phi) is 4.63. The maximum atomic E-state index is 13.1. The van der Waals surface area contributed by atoms with Gasteiger partial charge in [-0.15, -0.1) is 0 Å². The number of hydrogen-bond acceptors (Lipinski definition) is 4. The maximum Gasteiger partial charge on any atom is 0.262 e. The van der Waals surface area contributed by atoms with E-state index < -0.39 is 0 Å². The number of rotatable bonds is 5. The van der Waals surface area contributed by atoms with Crippen molar-refractivity contribution in [3.05, 3.63) is 94.7 Å². The minimum Gasteiger partial charge on any atom is -0.467 e. The Morgan fingerprint density at radius 1 is 1.04 bits per heavy atom. The van der Waals surface area contributed by atoms with Crippen LogP contribution in [0.5, 0.6) is 0 Å². The lowest BCUT2D eigenvalue weighted by Gasteiger charge is -2.16. The fourth-order valence-electron chi connectivity index (χ4n) is 2.89. The molecule has 2 aromatic carbocycles. The zero-order chi connectivity index (χ0) is 17.9. The largest absolute Gasteiger partial charge is 0.467 e. The molecule has 0 radical (unpaired) electrons. The normalized spacial score (nSPS) is 12.3. The molecule has 5 heteroatoms. The highest BCUT2D eigenvalue weighted by atomic mass is 32.2. The molecule has 0 saturated heterocycles. The van der Waals surface area contributed by atoms with Crippen LogP contribution in [0.25, 0.3) is 10.9 Å². The third-order valence-corrected chi connectivity index (χ3v) is 5.42. The molecule has 2 aromatic heterocycles. The number of hydrogen-bond donors (Lipinski definition) is 0. The maximum absolute atomic E-state index is 13.1. The van der Waals surface area contributed by atoms with Crippen molar-refractivity contribution in [2.75, 3.05) is 0 Å². The average molecular weight is 362 g/mol. The lowest BCUT2D eigenvalue weighted by molar-refractivity contribution is 0.476. The van der Waals surface area contributed by atoms with Gasteiger partial charge in [-0.2, -0.15) is 0 Å². The molecular weight excluding hydrogens is 344 g/mol. The molecule has 0 bridgehead atoms. The molecule has 0 amide bonds. The molecule has 1 atom stereocenters. The molecule has 4 nitrogen and oxygen atoms in total. The molecule has 0 aliphatic rings. The van der Waals surface area contributed by atoms with Crippen LogP contribution in [0.3, 0.4) is 0 Å². The van der Waals surface area contributed by atoms with Gasteiger partial charge in [-0.3, -0.25) is 9.36 Å². The van der Waals surface area contributed by atoms with Crippen molar-refractivity contribution in [1.82, 2.24) is 9.55 Å². The standard InChI is InChI=1S/C21H18N2O2S/c1-15(16-8-3-2-4-9-16)26-21-22-19-12-6-5-11-18(19)20(24)23(21)14-17-10-7-13-25-17/h2-13,15H,14H2,1H3/t15-/m1/s1. The van der Waals surface area contributed by atoms with Crippen LogP contribution in [0.15, 0.2) is 87.4 Å². The van der Waals surface area contributed by atoms with Gasteiger partial charge >= 0.3 is 0 Å². The number of nitrogens with zero attached hydrogens (tertiary/aromatic N) is 2. The van der Waals surface area contributed by atoms with Gasteiger partial charge in [-0.05, 0) is 36.8 Å². The summed E-state index contributed by atoms with van der Waals surface area (Å²) in [5.74, 6) is 0.735. The first-order valence-corrected chi connectivity index (χ1v) is 9.34. The topological polar surface area (TPSA) is 48.0 Å². The van der Waals surface area contributed by atoms with E-state index in [1.165, 1.54) is 5.56 Å². The summed E-state index contributed by atoms with van der Waals surface area (Å²) in [5.41, 5.74) is 1.87. The van der Waals surface area contributed by atoms with Crippen LogP contribution in [0.2, 0.25) is 0 Å². The Morgan fingerprint density at radius 2 is 1.81 bits per heavy atom. The van der Waals surface area contributed by atoms with E-state index in [2.05, 4.69) is 19.1 Å². The summed E-state index contributed by atoms with van der Waals surface area (Å²) in [6.07, 6.45) is 1.62. The van der Waals surface area contributed by atoms with E-state index >= 15 is 0 Å². The van der Waals surface area contributed by atoms with Crippen LogP contribution in [-0.2, 0) is 6.54 Å². The van der Waals surface area contributed by atoms with Crippen molar-refractivity contribution < 1.29 is 4.42 Å². The molecule has 0 aliphatic carbocycles. The third-order valence-electron chi connectivity index (χ3n) is 4.27. The Balaban J connectivity index is 1.79. The monoisotopic (exact) mass is 362 g/mol. The Bertz CT molecular complexity index is 1070. The molecule has 0 N–H and O–H groups in total. The molecule has 26 heavy (non-hydrogen) atoms. The predicted octanol–water partition coefficient (Wildman–Crippen LogP) is 4.89. The van der Waals surface area contributed by atoms with Crippen molar-refractivity contribution in [2.45, 2.75) is 23.9 Å². The van der Waals surface area contributed by atoms with Crippen LogP contribution < -0.4 is 5.56 Å². The summed E-state index contributed by atoms with van der Waals surface area (Å²) < 4.78 is 7.15. The van der Waals surface area contributed by atoms with Crippen molar-refractivity contribution in [3.8, 4) is 0 Å². The minimum absolute atomic E-state index is 0.0465. The molecule has 4 rings (SSSR count). The quantitative estimate of drug-likeness (QED) is 0.375. The van der Waals surface area contributed by atoms with Gasteiger partial charge < -0.3 is 4.42 Å². The highest BCUT2D eigenvalue weighted by Crippen LogP contribution is 2.33. The molecule has 2 heterocycles. The third kappa shape index (κ3) is 3.30. The fraction of sp³-hybridized carbons (Fsp3) is 0.143. The molecule has 0 unspecified atom stereocenters. The first kappa shape index (κ1) is 16.7. The number of furan rings is 1. The van der Waals surface area contributed by atoms with Crippen molar-refractivity contribution in [1.29, 1.82) is 0 Å². The van der Waals surface area contributed by atoms with E-state index in [-0.39, 0.29) is 10.8 Å². The molecule has 130 valence electrons. The molecule has 0 saturated carbocycles. The highest BCUT2D eigenvalue weighted by Gasteiger charge is 2.16. The Morgan fingerprint density at radius 3 is 2.58 bits per heavy atom. The molecular formula is C21H18N2O2S. The lowest BCUT2D eigenvalue weighted by atomic mass is 10.2. The van der Waals surface area contributed by atoms with Gasteiger partial charge in [-0.25, -0.2) is 4.98 Å². The SMILES string of the molecule is C[C@@H](Sc1nc2ccccc2c(=O)n1Cc1ccco1)c1ccccc1. The summed E-state index contributed by atoms with van der Waals surface area (Å²) in [6, 6.07) is 21.4. The minimum atomic E-state index is -0.0465. The van der Waals surface area contributed by atoms with Gasteiger partial charge in [0.25, 0.3) is 5.56 Å². The number of benzene rings is 2. The number of para-hydroxylation sites is 1. The van der Waals surface area contributed by atoms with Crippen molar-refractivity contribution in [3.63, 3.8) is 0 Å². The van der Waals surface area contributed by atoms with Gasteiger partial charge in [0.05, 0.1) is 23.7 Å². The van der Waals surface area contributed by atoms with E-state index in [0.717, 1.165) is 11.3 Å². The van der Waals surface area contributed by atoms with E-state index in [1.54, 1.807) is 22.6 Å². The lowest BCUT2D eigenvalue weighted by Crippen LogP contribution is -2.24. The second-order valence-electron chi connectivity index (χ2n) is 6.05. The van der Waals surface area contributed by atoms with E-state index in [9.17, 15) is 4.79 Å². The van der Waals surface area contributed by atoms with Gasteiger partial charge in [0, 0.05) is 5.25 Å².